The van der Waals surface area contributed by atoms with Crippen molar-refractivity contribution in [3.8, 4) is 6.07 Å². The molecule has 0 aliphatic heterocycles. The van der Waals surface area contributed by atoms with E-state index in [0.717, 1.165) is 5.56 Å². The standard InChI is InChI=1S/C14H15N3O2S/c1-2-18-13(11-6-4-3-5-7-11)14-16-12(19-17-14)10-20-9-8-15/h3-7,13H,2,9-10H2,1H3. The van der Waals surface area contributed by atoms with Crippen LogP contribution in [0.5, 0.6) is 0 Å². The van der Waals surface area contributed by atoms with Gasteiger partial charge >= 0.3 is 0 Å². The summed E-state index contributed by atoms with van der Waals surface area (Å²) in [7, 11) is 0. The molecule has 0 saturated carbocycles. The Hall–Kier alpha value is -1.84. The molecule has 2 aromatic rings. The van der Waals surface area contributed by atoms with Crippen molar-refractivity contribution < 1.29 is 9.26 Å². The predicted octanol–water partition coefficient (Wildman–Crippen LogP) is 2.95. The van der Waals surface area contributed by atoms with Gasteiger partial charge in [-0.1, -0.05) is 35.5 Å². The maximum Gasteiger partial charge on any atom is 0.236 e. The summed E-state index contributed by atoms with van der Waals surface area (Å²) in [6, 6.07) is 11.9. The van der Waals surface area contributed by atoms with E-state index in [1.54, 1.807) is 0 Å². The quantitative estimate of drug-likeness (QED) is 0.730. The second-order valence-electron chi connectivity index (χ2n) is 3.94. The Morgan fingerprint density at radius 2 is 2.20 bits per heavy atom. The zero-order valence-electron chi connectivity index (χ0n) is 11.2. The first-order valence-corrected chi connectivity index (χ1v) is 7.44. The monoisotopic (exact) mass is 289 g/mol. The number of nitriles is 1. The summed E-state index contributed by atoms with van der Waals surface area (Å²) in [6.07, 6.45) is -0.320. The first-order valence-electron chi connectivity index (χ1n) is 6.29. The van der Waals surface area contributed by atoms with Crippen LogP contribution in [0.3, 0.4) is 0 Å². The van der Waals surface area contributed by atoms with Gasteiger partial charge in [-0.25, -0.2) is 0 Å². The SMILES string of the molecule is CCOC(c1ccccc1)c1noc(CSCC#N)n1. The van der Waals surface area contributed by atoms with Gasteiger partial charge in [0.25, 0.3) is 0 Å². The van der Waals surface area contributed by atoms with Crippen LogP contribution in [-0.4, -0.2) is 22.5 Å². The van der Waals surface area contributed by atoms with Crippen LogP contribution in [0.15, 0.2) is 34.9 Å². The second kappa shape index (κ2) is 7.68. The van der Waals surface area contributed by atoms with E-state index in [2.05, 4.69) is 16.2 Å². The van der Waals surface area contributed by atoms with Gasteiger partial charge in [0.2, 0.25) is 11.7 Å². The second-order valence-corrected chi connectivity index (χ2v) is 4.93. The number of ether oxygens (including phenoxy) is 1. The van der Waals surface area contributed by atoms with Crippen molar-refractivity contribution >= 4 is 11.8 Å². The maximum absolute atomic E-state index is 8.50. The van der Waals surface area contributed by atoms with Crippen molar-refractivity contribution in [2.24, 2.45) is 0 Å². The van der Waals surface area contributed by atoms with Crippen LogP contribution in [0.1, 0.15) is 30.3 Å². The van der Waals surface area contributed by atoms with Crippen LogP contribution in [0.2, 0.25) is 0 Å². The number of rotatable bonds is 7. The Bertz CT molecular complexity index is 565. The fourth-order valence-corrected chi connectivity index (χ4v) is 2.22. The molecule has 0 fully saturated rings. The minimum atomic E-state index is -0.320. The van der Waals surface area contributed by atoms with Gasteiger partial charge < -0.3 is 9.26 Å². The Balaban J connectivity index is 2.12. The lowest BCUT2D eigenvalue weighted by molar-refractivity contribution is 0.0833. The molecule has 2 rings (SSSR count). The molecule has 0 aliphatic rings. The minimum Gasteiger partial charge on any atom is -0.366 e. The smallest absolute Gasteiger partial charge is 0.236 e. The molecule has 6 heteroatoms. The van der Waals surface area contributed by atoms with Gasteiger partial charge in [0.15, 0.2) is 0 Å². The molecule has 1 heterocycles. The van der Waals surface area contributed by atoms with Crippen molar-refractivity contribution in [2.75, 3.05) is 12.4 Å². The Labute approximate surface area is 121 Å². The van der Waals surface area contributed by atoms with Gasteiger partial charge in [-0.2, -0.15) is 10.2 Å². The van der Waals surface area contributed by atoms with Gasteiger partial charge in [-0.3, -0.25) is 0 Å². The van der Waals surface area contributed by atoms with E-state index >= 15 is 0 Å². The highest BCUT2D eigenvalue weighted by atomic mass is 32.2. The molecule has 0 radical (unpaired) electrons. The molecule has 20 heavy (non-hydrogen) atoms. The van der Waals surface area contributed by atoms with Gasteiger partial charge in [0.05, 0.1) is 17.6 Å². The molecule has 1 unspecified atom stereocenters. The van der Waals surface area contributed by atoms with E-state index in [0.29, 0.717) is 29.8 Å². The number of aromatic nitrogens is 2. The molecule has 0 amide bonds. The fourth-order valence-electron chi connectivity index (χ4n) is 1.73. The molecule has 0 bridgehead atoms. The molecule has 1 aromatic carbocycles. The molecule has 1 aromatic heterocycles. The fraction of sp³-hybridized carbons (Fsp3) is 0.357. The third-order valence-electron chi connectivity index (χ3n) is 2.55. The van der Waals surface area contributed by atoms with Crippen LogP contribution in [0.25, 0.3) is 0 Å². The topological polar surface area (TPSA) is 71.9 Å². The summed E-state index contributed by atoms with van der Waals surface area (Å²) in [5.41, 5.74) is 0.992. The van der Waals surface area contributed by atoms with Gasteiger partial charge in [-0.15, -0.1) is 11.8 Å². The van der Waals surface area contributed by atoms with Crippen LogP contribution in [0.4, 0.5) is 0 Å². The lowest BCUT2D eigenvalue weighted by Crippen LogP contribution is -2.08. The number of thioether (sulfide) groups is 1. The van der Waals surface area contributed by atoms with Gasteiger partial charge in [0, 0.05) is 6.61 Å². The van der Waals surface area contributed by atoms with E-state index in [4.69, 9.17) is 14.5 Å². The first kappa shape index (κ1) is 14.6. The zero-order valence-corrected chi connectivity index (χ0v) is 12.0. The third-order valence-corrected chi connectivity index (χ3v) is 3.33. The molecule has 0 aliphatic carbocycles. The van der Waals surface area contributed by atoms with E-state index in [1.807, 2.05) is 37.3 Å². The minimum absolute atomic E-state index is 0.320. The van der Waals surface area contributed by atoms with Crippen molar-refractivity contribution in [3.63, 3.8) is 0 Å². The van der Waals surface area contributed by atoms with Crippen molar-refractivity contribution in [1.82, 2.24) is 10.1 Å². The van der Waals surface area contributed by atoms with Gasteiger partial charge in [-0.05, 0) is 12.5 Å². The molecule has 1 atom stereocenters. The molecule has 0 saturated heterocycles. The number of hydrogen-bond donors (Lipinski definition) is 0. The lowest BCUT2D eigenvalue weighted by atomic mass is 10.1. The van der Waals surface area contributed by atoms with Crippen LogP contribution in [-0.2, 0) is 10.5 Å². The molecule has 0 spiro atoms. The largest absolute Gasteiger partial charge is 0.366 e. The van der Waals surface area contributed by atoms with Crippen molar-refractivity contribution in [2.45, 2.75) is 18.8 Å². The zero-order chi connectivity index (χ0) is 14.2. The average molecular weight is 289 g/mol. The third kappa shape index (κ3) is 3.83. The summed E-state index contributed by atoms with van der Waals surface area (Å²) in [4.78, 5) is 4.34. The summed E-state index contributed by atoms with van der Waals surface area (Å²) >= 11 is 1.44. The number of nitrogens with zero attached hydrogens (tertiary/aromatic N) is 3. The summed E-state index contributed by atoms with van der Waals surface area (Å²) < 4.78 is 10.9. The highest BCUT2D eigenvalue weighted by molar-refractivity contribution is 7.98. The summed E-state index contributed by atoms with van der Waals surface area (Å²) in [5.74, 6) is 1.98. The molecular formula is C14H15N3O2S. The predicted molar refractivity (Wildman–Crippen MR) is 76.0 cm³/mol. The molecule has 5 nitrogen and oxygen atoms in total. The normalized spacial score (nSPS) is 12.0. The first-order chi connectivity index (χ1) is 9.85. The Morgan fingerprint density at radius 3 is 2.90 bits per heavy atom. The maximum atomic E-state index is 8.50. The van der Waals surface area contributed by atoms with Gasteiger partial charge in [0.1, 0.15) is 6.10 Å². The van der Waals surface area contributed by atoms with E-state index in [-0.39, 0.29) is 6.10 Å². The molecule has 104 valence electrons. The van der Waals surface area contributed by atoms with Crippen molar-refractivity contribution in [1.29, 1.82) is 5.26 Å². The molecule has 0 N–H and O–H groups in total. The molecular weight excluding hydrogens is 274 g/mol. The van der Waals surface area contributed by atoms with E-state index in [9.17, 15) is 0 Å². The van der Waals surface area contributed by atoms with Crippen LogP contribution < -0.4 is 0 Å². The van der Waals surface area contributed by atoms with E-state index < -0.39 is 0 Å². The summed E-state index contributed by atoms with van der Waals surface area (Å²) in [6.45, 7) is 2.49. The highest BCUT2D eigenvalue weighted by Crippen LogP contribution is 2.24. The Kier molecular flexibility index (Phi) is 5.59. The number of benzene rings is 1. The van der Waals surface area contributed by atoms with Crippen LogP contribution >= 0.6 is 11.8 Å². The Morgan fingerprint density at radius 1 is 1.40 bits per heavy atom. The number of hydrogen-bond acceptors (Lipinski definition) is 6. The highest BCUT2D eigenvalue weighted by Gasteiger charge is 2.20. The van der Waals surface area contributed by atoms with Crippen LogP contribution in [0, 0.1) is 11.3 Å². The lowest BCUT2D eigenvalue weighted by Gasteiger charge is -2.13. The van der Waals surface area contributed by atoms with E-state index in [1.165, 1.54) is 11.8 Å². The summed E-state index contributed by atoms with van der Waals surface area (Å²) in [5, 5.41) is 12.5. The average Bonchev–Trinajstić information content (AvgIpc) is 2.94. The van der Waals surface area contributed by atoms with Crippen molar-refractivity contribution in [3.05, 3.63) is 47.6 Å².